The molecule has 0 aliphatic rings. The third-order valence-corrected chi connectivity index (χ3v) is 8.50. The van der Waals surface area contributed by atoms with Gasteiger partial charge in [0, 0.05) is 16.1 Å². The molecule has 5 rings (SSSR count). The summed E-state index contributed by atoms with van der Waals surface area (Å²) in [6.07, 6.45) is 2.27. The number of hydrogen-bond acceptors (Lipinski definition) is 4. The van der Waals surface area contributed by atoms with Gasteiger partial charge >= 0.3 is 0 Å². The molecule has 0 aliphatic carbocycles. The maximum absolute atomic E-state index is 13.7. The highest BCUT2D eigenvalue weighted by molar-refractivity contribution is 8.00. The van der Waals surface area contributed by atoms with E-state index in [1.165, 1.54) is 11.8 Å². The van der Waals surface area contributed by atoms with Gasteiger partial charge < -0.3 is 16.0 Å². The Morgan fingerprint density at radius 3 is 2.30 bits per heavy atom. The number of carbonyl (C=O) groups excluding carboxylic acids is 3. The van der Waals surface area contributed by atoms with Gasteiger partial charge in [0.05, 0.1) is 16.0 Å². The molecule has 0 bridgehead atoms. The molecule has 6 nitrogen and oxygen atoms in total. The fourth-order valence-corrected chi connectivity index (χ4v) is 5.78. The number of rotatable bonds is 10. The summed E-state index contributed by atoms with van der Waals surface area (Å²) in [7, 11) is 0. The van der Waals surface area contributed by atoms with E-state index in [1.807, 2.05) is 79.7 Å². The SMILES string of the molecule is CCC(Sc1cccc(NC(=O)/C(=C\c2cccc3ccccc23)NC(=O)c2ccccc2)c1)C(=O)Nc1ccccc1Cl. The summed E-state index contributed by atoms with van der Waals surface area (Å²) in [4.78, 5) is 40.6. The standard InChI is InChI=1S/C36H30ClN3O3S/c1-2-33(36(43)39-31-21-9-8-20-30(31)37)44-28-18-11-17-27(23-28)38-35(42)32(40-34(41)25-13-4-3-5-14-25)22-26-16-10-15-24-12-6-7-19-29(24)26/h3-23,33H,2H2,1H3,(H,38,42)(H,39,43)(H,40,41)/b32-22+. The lowest BCUT2D eigenvalue weighted by Crippen LogP contribution is -2.30. The predicted molar refractivity (Wildman–Crippen MR) is 181 cm³/mol. The maximum Gasteiger partial charge on any atom is 0.272 e. The van der Waals surface area contributed by atoms with Gasteiger partial charge in [-0.3, -0.25) is 14.4 Å². The number of carbonyl (C=O) groups is 3. The Balaban J connectivity index is 1.37. The van der Waals surface area contributed by atoms with Crippen LogP contribution in [-0.4, -0.2) is 23.0 Å². The van der Waals surface area contributed by atoms with Gasteiger partial charge in [0.15, 0.2) is 0 Å². The third kappa shape index (κ3) is 7.75. The molecule has 5 aromatic rings. The first-order valence-electron chi connectivity index (χ1n) is 14.1. The van der Waals surface area contributed by atoms with Crippen LogP contribution in [0.15, 0.2) is 132 Å². The van der Waals surface area contributed by atoms with Crippen molar-refractivity contribution in [3.8, 4) is 0 Å². The zero-order chi connectivity index (χ0) is 30.9. The fourth-order valence-electron chi connectivity index (χ4n) is 4.58. The molecule has 1 atom stereocenters. The van der Waals surface area contributed by atoms with E-state index >= 15 is 0 Å². The zero-order valence-corrected chi connectivity index (χ0v) is 25.5. The van der Waals surface area contributed by atoms with Crippen molar-refractivity contribution in [1.82, 2.24) is 5.32 Å². The van der Waals surface area contributed by atoms with Gasteiger partial charge in [0.25, 0.3) is 11.8 Å². The van der Waals surface area contributed by atoms with E-state index in [1.54, 1.807) is 54.6 Å². The van der Waals surface area contributed by atoms with Crippen molar-refractivity contribution in [3.63, 3.8) is 0 Å². The van der Waals surface area contributed by atoms with Gasteiger partial charge in [-0.1, -0.05) is 97.4 Å². The summed E-state index contributed by atoms with van der Waals surface area (Å²) in [6, 6.07) is 36.8. The van der Waals surface area contributed by atoms with Gasteiger partial charge in [-0.15, -0.1) is 11.8 Å². The van der Waals surface area contributed by atoms with Gasteiger partial charge in [0.2, 0.25) is 5.91 Å². The minimum Gasteiger partial charge on any atom is -0.324 e. The molecule has 44 heavy (non-hydrogen) atoms. The Hall–Kier alpha value is -4.85. The average molecular weight is 620 g/mol. The van der Waals surface area contributed by atoms with Crippen molar-refractivity contribution >= 4 is 69.3 Å². The molecule has 3 amide bonds. The zero-order valence-electron chi connectivity index (χ0n) is 23.9. The van der Waals surface area contributed by atoms with E-state index < -0.39 is 11.8 Å². The number of amides is 3. The summed E-state index contributed by atoms with van der Waals surface area (Å²) in [5.41, 5.74) is 2.41. The fraction of sp³-hybridized carbons (Fsp3) is 0.0833. The number of benzene rings is 5. The average Bonchev–Trinajstić information content (AvgIpc) is 3.05. The van der Waals surface area contributed by atoms with Gasteiger partial charge in [-0.05, 0) is 71.3 Å². The molecule has 0 saturated carbocycles. The maximum atomic E-state index is 13.7. The first-order chi connectivity index (χ1) is 21.4. The predicted octanol–water partition coefficient (Wildman–Crippen LogP) is 8.41. The van der Waals surface area contributed by atoms with E-state index in [4.69, 9.17) is 11.6 Å². The van der Waals surface area contributed by atoms with Crippen molar-refractivity contribution < 1.29 is 14.4 Å². The summed E-state index contributed by atoms with van der Waals surface area (Å²) in [5, 5.41) is 10.7. The number of halogens is 1. The highest BCUT2D eigenvalue weighted by Gasteiger charge is 2.20. The number of nitrogens with one attached hydrogen (secondary N) is 3. The minimum atomic E-state index is -0.479. The molecule has 3 N–H and O–H groups in total. The van der Waals surface area contributed by atoms with Crippen LogP contribution in [0.4, 0.5) is 11.4 Å². The number of hydrogen-bond donors (Lipinski definition) is 3. The summed E-state index contributed by atoms with van der Waals surface area (Å²) in [5.74, 6) is -1.04. The topological polar surface area (TPSA) is 87.3 Å². The Morgan fingerprint density at radius 2 is 1.50 bits per heavy atom. The van der Waals surface area contributed by atoms with E-state index in [0.29, 0.717) is 28.4 Å². The lowest BCUT2D eigenvalue weighted by molar-refractivity contribution is -0.116. The molecule has 0 fully saturated rings. The van der Waals surface area contributed by atoms with E-state index in [0.717, 1.165) is 21.2 Å². The van der Waals surface area contributed by atoms with Crippen molar-refractivity contribution in [3.05, 3.63) is 143 Å². The van der Waals surface area contributed by atoms with Gasteiger partial charge in [-0.2, -0.15) is 0 Å². The largest absolute Gasteiger partial charge is 0.324 e. The van der Waals surface area contributed by atoms with Crippen molar-refractivity contribution in [2.24, 2.45) is 0 Å². The molecule has 5 aromatic carbocycles. The second kappa shape index (κ2) is 14.6. The van der Waals surface area contributed by atoms with Crippen molar-refractivity contribution in [1.29, 1.82) is 0 Å². The van der Waals surface area contributed by atoms with Crippen LogP contribution in [0, 0.1) is 0 Å². The summed E-state index contributed by atoms with van der Waals surface area (Å²) in [6.45, 7) is 1.94. The van der Waals surface area contributed by atoms with Crippen LogP contribution < -0.4 is 16.0 Å². The molecule has 0 aromatic heterocycles. The Kier molecular flexibility index (Phi) is 10.1. The molecular formula is C36H30ClN3O3S. The van der Waals surface area contributed by atoms with Crippen LogP contribution in [0.2, 0.25) is 5.02 Å². The highest BCUT2D eigenvalue weighted by atomic mass is 35.5. The van der Waals surface area contributed by atoms with Crippen LogP contribution in [0.25, 0.3) is 16.8 Å². The Labute approximate surface area is 265 Å². The molecule has 0 spiro atoms. The van der Waals surface area contributed by atoms with Crippen LogP contribution in [0.1, 0.15) is 29.3 Å². The molecule has 0 aliphatic heterocycles. The summed E-state index contributed by atoms with van der Waals surface area (Å²) < 4.78 is 0. The Morgan fingerprint density at radius 1 is 0.795 bits per heavy atom. The Bertz CT molecular complexity index is 1840. The highest BCUT2D eigenvalue weighted by Crippen LogP contribution is 2.30. The van der Waals surface area contributed by atoms with Crippen LogP contribution in [0.5, 0.6) is 0 Å². The van der Waals surface area contributed by atoms with Gasteiger partial charge in [-0.25, -0.2) is 0 Å². The second-order valence-electron chi connectivity index (χ2n) is 9.91. The van der Waals surface area contributed by atoms with E-state index in [9.17, 15) is 14.4 Å². The minimum absolute atomic E-state index is 0.0961. The molecule has 220 valence electrons. The summed E-state index contributed by atoms with van der Waals surface area (Å²) >= 11 is 7.62. The lowest BCUT2D eigenvalue weighted by atomic mass is 10.0. The molecule has 0 saturated heterocycles. The molecular weight excluding hydrogens is 590 g/mol. The number of para-hydroxylation sites is 1. The van der Waals surface area contributed by atoms with Crippen molar-refractivity contribution in [2.75, 3.05) is 10.6 Å². The normalized spacial score (nSPS) is 11.9. The first-order valence-corrected chi connectivity index (χ1v) is 15.4. The van der Waals surface area contributed by atoms with Crippen molar-refractivity contribution in [2.45, 2.75) is 23.5 Å². The van der Waals surface area contributed by atoms with Crippen LogP contribution in [-0.2, 0) is 9.59 Å². The first kappa shape index (κ1) is 30.6. The second-order valence-corrected chi connectivity index (χ2v) is 11.6. The number of fused-ring (bicyclic) bond motifs is 1. The molecule has 0 radical (unpaired) electrons. The third-order valence-electron chi connectivity index (χ3n) is 6.82. The molecule has 0 heterocycles. The monoisotopic (exact) mass is 619 g/mol. The van der Waals surface area contributed by atoms with Gasteiger partial charge in [0.1, 0.15) is 5.70 Å². The lowest BCUT2D eigenvalue weighted by Gasteiger charge is -2.16. The van der Waals surface area contributed by atoms with Crippen LogP contribution in [0.3, 0.4) is 0 Å². The van der Waals surface area contributed by atoms with E-state index in [-0.39, 0.29) is 16.9 Å². The van der Waals surface area contributed by atoms with Crippen LogP contribution >= 0.6 is 23.4 Å². The molecule has 1 unspecified atom stereocenters. The molecule has 8 heteroatoms. The van der Waals surface area contributed by atoms with E-state index in [2.05, 4.69) is 16.0 Å². The quantitative estimate of drug-likeness (QED) is 0.108. The smallest absolute Gasteiger partial charge is 0.272 e. The number of thioether (sulfide) groups is 1. The number of anilines is 2.